The van der Waals surface area contributed by atoms with Crippen LogP contribution >= 0.6 is 11.6 Å². The lowest BCUT2D eigenvalue weighted by atomic mass is 10.1. The van der Waals surface area contributed by atoms with Crippen LogP contribution in [0.3, 0.4) is 0 Å². The Labute approximate surface area is 83.7 Å². The van der Waals surface area contributed by atoms with Crippen LogP contribution in [-0.4, -0.2) is 5.78 Å². The van der Waals surface area contributed by atoms with Gasteiger partial charge >= 0.3 is 0 Å². The Kier molecular flexibility index (Phi) is 3.15. The van der Waals surface area contributed by atoms with Crippen molar-refractivity contribution in [3.63, 3.8) is 0 Å². The van der Waals surface area contributed by atoms with Crippen LogP contribution in [0.1, 0.15) is 16.8 Å². The third kappa shape index (κ3) is 2.06. The van der Waals surface area contributed by atoms with Gasteiger partial charge in [0.1, 0.15) is 0 Å². The Bertz CT molecular complexity index is 426. The second-order valence-electron chi connectivity index (χ2n) is 2.50. The average molecular weight is 216 g/mol. The van der Waals surface area contributed by atoms with Gasteiger partial charge in [-0.05, 0) is 12.1 Å². The van der Waals surface area contributed by atoms with Crippen LogP contribution in [0, 0.1) is 23.0 Å². The number of hydrogen-bond acceptors (Lipinski definition) is 2. The van der Waals surface area contributed by atoms with E-state index in [2.05, 4.69) is 0 Å². The minimum Gasteiger partial charge on any atom is -0.293 e. The number of halogens is 3. The number of benzene rings is 1. The highest BCUT2D eigenvalue weighted by atomic mass is 35.5. The van der Waals surface area contributed by atoms with Gasteiger partial charge in [0, 0.05) is 5.56 Å². The molecular formula is C9H4ClF2NO. The molecule has 0 spiro atoms. The molecule has 0 atom stereocenters. The molecule has 1 rings (SSSR count). The Balaban J connectivity index is 3.17. The number of carbonyl (C=O) groups is 1. The van der Waals surface area contributed by atoms with Crippen molar-refractivity contribution in [1.82, 2.24) is 0 Å². The van der Waals surface area contributed by atoms with Gasteiger partial charge < -0.3 is 0 Å². The largest absolute Gasteiger partial charge is 0.293 e. The van der Waals surface area contributed by atoms with E-state index >= 15 is 0 Å². The van der Waals surface area contributed by atoms with E-state index in [4.69, 9.17) is 16.9 Å². The minimum atomic E-state index is -1.16. The Hall–Kier alpha value is -1.47. The monoisotopic (exact) mass is 215 g/mol. The third-order valence-corrected chi connectivity index (χ3v) is 1.86. The van der Waals surface area contributed by atoms with Crippen LogP contribution in [0.4, 0.5) is 8.78 Å². The fourth-order valence-electron chi connectivity index (χ4n) is 0.903. The van der Waals surface area contributed by atoms with Gasteiger partial charge in [0.2, 0.25) is 0 Å². The molecule has 14 heavy (non-hydrogen) atoms. The van der Waals surface area contributed by atoms with Crippen LogP contribution in [0.15, 0.2) is 12.1 Å². The molecule has 0 radical (unpaired) electrons. The van der Waals surface area contributed by atoms with Crippen LogP contribution < -0.4 is 0 Å². The number of hydrogen-bond donors (Lipinski definition) is 0. The number of ketones is 1. The molecule has 0 saturated carbocycles. The van der Waals surface area contributed by atoms with Crippen molar-refractivity contribution in [2.75, 3.05) is 0 Å². The summed E-state index contributed by atoms with van der Waals surface area (Å²) in [6, 6.07) is 3.00. The van der Waals surface area contributed by atoms with Crippen LogP contribution in [0.25, 0.3) is 0 Å². The SMILES string of the molecule is N#CCC(=O)c1cc(F)c(F)cc1Cl. The summed E-state index contributed by atoms with van der Waals surface area (Å²) in [6.45, 7) is 0. The van der Waals surface area contributed by atoms with E-state index in [1.165, 1.54) is 0 Å². The van der Waals surface area contributed by atoms with Crippen molar-refractivity contribution in [1.29, 1.82) is 5.26 Å². The fourth-order valence-corrected chi connectivity index (χ4v) is 1.16. The predicted molar refractivity (Wildman–Crippen MR) is 45.9 cm³/mol. The highest BCUT2D eigenvalue weighted by Gasteiger charge is 2.14. The van der Waals surface area contributed by atoms with Crippen LogP contribution in [0.2, 0.25) is 5.02 Å². The molecule has 1 aromatic rings. The number of rotatable bonds is 2. The lowest BCUT2D eigenvalue weighted by Gasteiger charge is -2.01. The first-order valence-corrected chi connectivity index (χ1v) is 3.98. The zero-order valence-corrected chi connectivity index (χ0v) is 7.61. The lowest BCUT2D eigenvalue weighted by Crippen LogP contribution is -2.00. The van der Waals surface area contributed by atoms with Gasteiger partial charge in [-0.2, -0.15) is 5.26 Å². The zero-order chi connectivity index (χ0) is 10.7. The summed E-state index contributed by atoms with van der Waals surface area (Å²) in [5.74, 6) is -2.91. The molecule has 0 saturated heterocycles. The predicted octanol–water partition coefficient (Wildman–Crippen LogP) is 2.71. The molecule has 0 bridgehead atoms. The Morgan fingerprint density at radius 2 is 2.00 bits per heavy atom. The smallest absolute Gasteiger partial charge is 0.178 e. The van der Waals surface area contributed by atoms with E-state index in [1.807, 2.05) is 0 Å². The molecule has 0 unspecified atom stereocenters. The molecule has 0 aromatic heterocycles. The quantitative estimate of drug-likeness (QED) is 0.562. The summed E-state index contributed by atoms with van der Waals surface area (Å²) in [5.41, 5.74) is -0.174. The molecule has 0 aliphatic heterocycles. The van der Waals surface area contributed by atoms with Crippen molar-refractivity contribution in [3.05, 3.63) is 34.4 Å². The molecule has 0 amide bonds. The summed E-state index contributed by atoms with van der Waals surface area (Å²) in [5, 5.41) is 8.04. The maximum absolute atomic E-state index is 12.7. The van der Waals surface area contributed by atoms with Crippen molar-refractivity contribution in [3.8, 4) is 6.07 Å². The van der Waals surface area contributed by atoms with Gasteiger partial charge in [0.25, 0.3) is 0 Å². The van der Waals surface area contributed by atoms with Gasteiger partial charge in [0.05, 0.1) is 17.5 Å². The summed E-state index contributed by atoms with van der Waals surface area (Å²) in [4.78, 5) is 11.1. The zero-order valence-electron chi connectivity index (χ0n) is 6.85. The second-order valence-corrected chi connectivity index (χ2v) is 2.91. The van der Waals surface area contributed by atoms with E-state index in [0.717, 1.165) is 0 Å². The molecule has 5 heteroatoms. The second kappa shape index (κ2) is 4.16. The number of Topliss-reactive ketones (excluding diaryl/α,β-unsaturated/α-hetero) is 1. The maximum Gasteiger partial charge on any atom is 0.178 e. The van der Waals surface area contributed by atoms with E-state index < -0.39 is 23.8 Å². The van der Waals surface area contributed by atoms with Crippen LogP contribution in [0.5, 0.6) is 0 Å². The first-order valence-electron chi connectivity index (χ1n) is 3.61. The molecule has 72 valence electrons. The summed E-state index contributed by atoms with van der Waals surface area (Å²) in [7, 11) is 0. The Morgan fingerprint density at radius 3 is 2.57 bits per heavy atom. The molecule has 2 nitrogen and oxygen atoms in total. The van der Waals surface area contributed by atoms with Gasteiger partial charge in [0.15, 0.2) is 17.4 Å². The van der Waals surface area contributed by atoms with E-state index in [-0.39, 0.29) is 10.6 Å². The normalized spacial score (nSPS) is 9.57. The molecular weight excluding hydrogens is 212 g/mol. The van der Waals surface area contributed by atoms with Crippen molar-refractivity contribution in [2.45, 2.75) is 6.42 Å². The van der Waals surface area contributed by atoms with E-state index in [9.17, 15) is 13.6 Å². The summed E-state index contributed by atoms with van der Waals surface area (Å²) in [6.07, 6.45) is -0.412. The molecule has 0 aliphatic carbocycles. The van der Waals surface area contributed by atoms with Gasteiger partial charge in [-0.1, -0.05) is 11.6 Å². The topological polar surface area (TPSA) is 40.9 Å². The first kappa shape index (κ1) is 10.6. The van der Waals surface area contributed by atoms with Crippen LogP contribution in [-0.2, 0) is 0 Å². The van der Waals surface area contributed by atoms with Gasteiger partial charge in [-0.25, -0.2) is 8.78 Å². The summed E-state index contributed by atoms with van der Waals surface area (Å²) >= 11 is 5.50. The third-order valence-electron chi connectivity index (χ3n) is 1.55. The van der Waals surface area contributed by atoms with Gasteiger partial charge in [-0.15, -0.1) is 0 Å². The number of nitrogens with zero attached hydrogens (tertiary/aromatic N) is 1. The standard InChI is InChI=1S/C9H4ClF2NO/c10-6-4-8(12)7(11)3-5(6)9(14)1-2-13/h3-4H,1H2. The highest BCUT2D eigenvalue weighted by molar-refractivity contribution is 6.34. The van der Waals surface area contributed by atoms with E-state index in [0.29, 0.717) is 12.1 Å². The maximum atomic E-state index is 12.7. The molecule has 0 aliphatic rings. The average Bonchev–Trinajstić information content (AvgIpc) is 2.11. The number of nitriles is 1. The van der Waals surface area contributed by atoms with Crippen molar-refractivity contribution in [2.24, 2.45) is 0 Å². The molecule has 0 N–H and O–H groups in total. The summed E-state index contributed by atoms with van der Waals surface area (Å²) < 4.78 is 25.3. The van der Waals surface area contributed by atoms with Gasteiger partial charge in [-0.3, -0.25) is 4.79 Å². The lowest BCUT2D eigenvalue weighted by molar-refractivity contribution is 0.0997. The highest BCUT2D eigenvalue weighted by Crippen LogP contribution is 2.21. The fraction of sp³-hybridized carbons (Fsp3) is 0.111. The molecule has 0 fully saturated rings. The molecule has 0 heterocycles. The van der Waals surface area contributed by atoms with Crippen molar-refractivity contribution < 1.29 is 13.6 Å². The minimum absolute atomic E-state index is 0.174. The Morgan fingerprint density at radius 1 is 1.43 bits per heavy atom. The van der Waals surface area contributed by atoms with E-state index in [1.54, 1.807) is 6.07 Å². The number of carbonyl (C=O) groups excluding carboxylic acids is 1. The van der Waals surface area contributed by atoms with Crippen molar-refractivity contribution >= 4 is 17.4 Å². The molecule has 1 aromatic carbocycles. The first-order chi connectivity index (χ1) is 6.56.